The molecule has 0 saturated carbocycles. The van der Waals surface area contributed by atoms with Crippen LogP contribution >= 0.6 is 0 Å². The van der Waals surface area contributed by atoms with Gasteiger partial charge in [0.25, 0.3) is 0 Å². The topological polar surface area (TPSA) is 3.24 Å². The van der Waals surface area contributed by atoms with Crippen LogP contribution in [0.25, 0.3) is 0 Å². The number of fused-ring (bicyclic) bond motifs is 1. The van der Waals surface area contributed by atoms with Gasteiger partial charge in [0.15, 0.2) is 0 Å². The lowest BCUT2D eigenvalue weighted by molar-refractivity contribution is 0.120. The van der Waals surface area contributed by atoms with Gasteiger partial charge in [-0.2, -0.15) is 0 Å². The van der Waals surface area contributed by atoms with Gasteiger partial charge in [-0.05, 0) is 32.2 Å². The van der Waals surface area contributed by atoms with Crippen molar-refractivity contribution in [2.75, 3.05) is 13.1 Å². The summed E-state index contributed by atoms with van der Waals surface area (Å²) in [4.78, 5) is 2.32. The molecule has 0 aromatic carbocycles. The van der Waals surface area contributed by atoms with E-state index >= 15 is 0 Å². The van der Waals surface area contributed by atoms with E-state index in [2.05, 4.69) is 11.5 Å². The Morgan fingerprint density at radius 1 is 1.58 bits per heavy atom. The fraction of sp³-hybridized carbons (Fsp3) is 0.800. The highest BCUT2D eigenvalue weighted by atomic mass is 19.1. The summed E-state index contributed by atoms with van der Waals surface area (Å²) in [6, 6.07) is 0. The predicted molar refractivity (Wildman–Crippen MR) is 47.9 cm³/mol. The number of rotatable bonds is 2. The van der Waals surface area contributed by atoms with Crippen LogP contribution < -0.4 is 0 Å². The van der Waals surface area contributed by atoms with Gasteiger partial charge >= 0.3 is 0 Å². The second kappa shape index (κ2) is 2.84. The third-order valence-electron chi connectivity index (χ3n) is 3.40. The molecule has 0 aromatic heterocycles. The minimum atomic E-state index is -0.613. The van der Waals surface area contributed by atoms with Crippen molar-refractivity contribution < 1.29 is 4.39 Å². The first-order valence-corrected chi connectivity index (χ1v) is 4.79. The van der Waals surface area contributed by atoms with E-state index in [0.717, 1.165) is 38.8 Å². The van der Waals surface area contributed by atoms with Crippen molar-refractivity contribution in [2.24, 2.45) is 0 Å². The number of hydrogen-bond acceptors (Lipinski definition) is 1. The van der Waals surface area contributed by atoms with Gasteiger partial charge in [-0.3, -0.25) is 4.90 Å². The van der Waals surface area contributed by atoms with Crippen LogP contribution in [0.2, 0.25) is 0 Å². The molecule has 0 radical (unpaired) electrons. The Bertz CT molecular complexity index is 192. The molecule has 2 aliphatic rings. The Labute approximate surface area is 73.2 Å². The Morgan fingerprint density at radius 2 is 2.42 bits per heavy atom. The van der Waals surface area contributed by atoms with Crippen molar-refractivity contribution in [1.29, 1.82) is 0 Å². The summed E-state index contributed by atoms with van der Waals surface area (Å²) in [6.45, 7) is 5.77. The molecule has 68 valence electrons. The molecule has 0 N–H and O–H groups in total. The lowest BCUT2D eigenvalue weighted by Gasteiger charge is -2.32. The van der Waals surface area contributed by atoms with Gasteiger partial charge in [0.2, 0.25) is 0 Å². The monoisotopic (exact) mass is 169 g/mol. The van der Waals surface area contributed by atoms with Crippen LogP contribution in [0.3, 0.4) is 0 Å². The van der Waals surface area contributed by atoms with Crippen molar-refractivity contribution in [3.63, 3.8) is 0 Å². The second-order valence-corrected chi connectivity index (χ2v) is 3.94. The molecular weight excluding hydrogens is 153 g/mol. The van der Waals surface area contributed by atoms with Crippen LogP contribution in [0.5, 0.6) is 0 Å². The van der Waals surface area contributed by atoms with E-state index in [1.54, 1.807) is 0 Å². The highest BCUT2D eigenvalue weighted by Gasteiger charge is 2.50. The molecule has 2 atom stereocenters. The van der Waals surface area contributed by atoms with Crippen LogP contribution in [0.15, 0.2) is 12.7 Å². The van der Waals surface area contributed by atoms with Crippen molar-refractivity contribution in [3.05, 3.63) is 12.7 Å². The van der Waals surface area contributed by atoms with Gasteiger partial charge in [0.1, 0.15) is 6.17 Å². The van der Waals surface area contributed by atoms with Crippen molar-refractivity contribution in [3.8, 4) is 0 Å². The predicted octanol–water partition coefficient (Wildman–Crippen LogP) is 2.14. The molecule has 0 amide bonds. The summed E-state index contributed by atoms with van der Waals surface area (Å²) in [5.74, 6) is 0. The van der Waals surface area contributed by atoms with Gasteiger partial charge < -0.3 is 0 Å². The van der Waals surface area contributed by atoms with Crippen LogP contribution in [0, 0.1) is 0 Å². The van der Waals surface area contributed by atoms with E-state index in [-0.39, 0.29) is 5.54 Å². The molecule has 1 nitrogen and oxygen atoms in total. The molecule has 2 saturated heterocycles. The zero-order valence-corrected chi connectivity index (χ0v) is 7.43. The Hall–Kier alpha value is -0.370. The van der Waals surface area contributed by atoms with E-state index in [1.807, 2.05) is 6.08 Å². The molecule has 2 heterocycles. The Morgan fingerprint density at radius 3 is 3.17 bits per heavy atom. The molecule has 2 aliphatic heterocycles. The molecule has 2 heteroatoms. The largest absolute Gasteiger partial charge is 0.294 e. The Balaban J connectivity index is 2.20. The molecule has 2 fully saturated rings. The SMILES string of the molecule is C=CCC12CCCN1CCC2F. The minimum absolute atomic E-state index is 0.137. The fourth-order valence-electron chi connectivity index (χ4n) is 2.79. The molecule has 2 unspecified atom stereocenters. The summed E-state index contributed by atoms with van der Waals surface area (Å²) in [5.41, 5.74) is -0.137. The van der Waals surface area contributed by atoms with Crippen molar-refractivity contribution in [2.45, 2.75) is 37.4 Å². The summed E-state index contributed by atoms with van der Waals surface area (Å²) >= 11 is 0. The van der Waals surface area contributed by atoms with Gasteiger partial charge in [-0.15, -0.1) is 6.58 Å². The van der Waals surface area contributed by atoms with E-state index in [9.17, 15) is 4.39 Å². The zero-order valence-electron chi connectivity index (χ0n) is 7.43. The quantitative estimate of drug-likeness (QED) is 0.572. The van der Waals surface area contributed by atoms with Crippen molar-refractivity contribution in [1.82, 2.24) is 4.90 Å². The first kappa shape index (κ1) is 8.24. The first-order chi connectivity index (χ1) is 5.79. The Kier molecular flexibility index (Phi) is 1.95. The average molecular weight is 169 g/mol. The van der Waals surface area contributed by atoms with Crippen molar-refractivity contribution >= 4 is 0 Å². The molecule has 0 bridgehead atoms. The standard InChI is InChI=1S/C10H16FN/c1-2-5-10-6-3-7-12(10)8-4-9(10)11/h2,9H,1,3-8H2. The first-order valence-electron chi connectivity index (χ1n) is 4.79. The molecule has 0 aliphatic carbocycles. The molecular formula is C10H16FN. The maximum Gasteiger partial charge on any atom is 0.120 e. The average Bonchev–Trinajstić information content (AvgIpc) is 2.55. The summed E-state index contributed by atoms with van der Waals surface area (Å²) in [5, 5.41) is 0. The lowest BCUT2D eigenvalue weighted by Crippen LogP contribution is -2.43. The molecule has 0 spiro atoms. The highest BCUT2D eigenvalue weighted by molar-refractivity contribution is 5.08. The van der Waals surface area contributed by atoms with Gasteiger partial charge in [-0.1, -0.05) is 6.08 Å². The summed E-state index contributed by atoms with van der Waals surface area (Å²) in [7, 11) is 0. The van der Waals surface area contributed by atoms with E-state index in [1.165, 1.54) is 0 Å². The minimum Gasteiger partial charge on any atom is -0.294 e. The third kappa shape index (κ3) is 0.939. The van der Waals surface area contributed by atoms with Gasteiger partial charge in [0, 0.05) is 6.54 Å². The van der Waals surface area contributed by atoms with E-state index in [4.69, 9.17) is 0 Å². The van der Waals surface area contributed by atoms with Crippen LogP contribution in [-0.4, -0.2) is 29.7 Å². The molecule has 2 rings (SSSR count). The van der Waals surface area contributed by atoms with E-state index in [0.29, 0.717) is 0 Å². The normalized spacial score (nSPS) is 41.6. The van der Waals surface area contributed by atoms with Gasteiger partial charge in [-0.25, -0.2) is 4.39 Å². The number of hydrogen-bond donors (Lipinski definition) is 0. The molecule has 0 aromatic rings. The smallest absolute Gasteiger partial charge is 0.120 e. The van der Waals surface area contributed by atoms with Gasteiger partial charge in [0.05, 0.1) is 5.54 Å². The zero-order chi connectivity index (χ0) is 8.60. The van der Waals surface area contributed by atoms with Crippen LogP contribution in [0.1, 0.15) is 25.7 Å². The second-order valence-electron chi connectivity index (χ2n) is 3.94. The maximum atomic E-state index is 13.6. The third-order valence-corrected chi connectivity index (χ3v) is 3.40. The number of halogens is 1. The lowest BCUT2D eigenvalue weighted by atomic mass is 9.89. The molecule has 12 heavy (non-hydrogen) atoms. The number of nitrogens with zero attached hydrogens (tertiary/aromatic N) is 1. The maximum absolute atomic E-state index is 13.6. The summed E-state index contributed by atoms with van der Waals surface area (Å²) < 4.78 is 13.6. The fourth-order valence-corrected chi connectivity index (χ4v) is 2.79. The summed E-state index contributed by atoms with van der Waals surface area (Å²) in [6.07, 6.45) is 5.00. The number of alkyl halides is 1. The van der Waals surface area contributed by atoms with E-state index < -0.39 is 6.17 Å². The van der Waals surface area contributed by atoms with Crippen LogP contribution in [-0.2, 0) is 0 Å². The highest BCUT2D eigenvalue weighted by Crippen LogP contribution is 2.43. The van der Waals surface area contributed by atoms with Crippen LogP contribution in [0.4, 0.5) is 4.39 Å².